The third kappa shape index (κ3) is 8.86. The molecule has 0 saturated carbocycles. The molecular formula is C14H23O5P. The van der Waals surface area contributed by atoms with Gasteiger partial charge in [-0.1, -0.05) is 38.8 Å². The first-order valence-corrected chi connectivity index (χ1v) is 7.93. The quantitative estimate of drug-likeness (QED) is 0.642. The van der Waals surface area contributed by atoms with Crippen LogP contribution in [0.5, 0.6) is 0 Å². The third-order valence-corrected chi connectivity index (χ3v) is 2.72. The van der Waals surface area contributed by atoms with Crippen molar-refractivity contribution in [3.8, 4) is 0 Å². The van der Waals surface area contributed by atoms with Crippen LogP contribution in [0.1, 0.15) is 49.5 Å². The van der Waals surface area contributed by atoms with E-state index in [-0.39, 0.29) is 12.6 Å². The standard InChI is InChI=1S/C10H13O5P.C4H10/c1-2-14-10(11)9-5-3-8(4-6-9)7-15-16(12)13;1-3-4-2/h3-6,16H,2,7H2,1H3,(H,12,13);3-4H2,1-2H3. The Labute approximate surface area is 120 Å². The van der Waals surface area contributed by atoms with Gasteiger partial charge < -0.3 is 14.2 Å². The van der Waals surface area contributed by atoms with E-state index in [2.05, 4.69) is 18.4 Å². The van der Waals surface area contributed by atoms with Gasteiger partial charge in [-0.3, -0.25) is 4.57 Å². The molecule has 114 valence electrons. The second-order valence-corrected chi connectivity index (χ2v) is 4.79. The van der Waals surface area contributed by atoms with Gasteiger partial charge in [0, 0.05) is 0 Å². The van der Waals surface area contributed by atoms with Gasteiger partial charge >= 0.3 is 14.2 Å². The van der Waals surface area contributed by atoms with E-state index in [1.807, 2.05) is 0 Å². The van der Waals surface area contributed by atoms with E-state index in [0.717, 1.165) is 5.56 Å². The average molecular weight is 302 g/mol. The molecule has 1 aromatic rings. The van der Waals surface area contributed by atoms with Crippen molar-refractivity contribution in [2.75, 3.05) is 6.61 Å². The molecule has 0 aromatic heterocycles. The van der Waals surface area contributed by atoms with Crippen molar-refractivity contribution in [1.29, 1.82) is 0 Å². The van der Waals surface area contributed by atoms with Gasteiger partial charge in [-0.2, -0.15) is 0 Å². The number of rotatable bonds is 6. The Kier molecular flexibility index (Phi) is 11.0. The fraction of sp³-hybridized carbons (Fsp3) is 0.500. The smallest absolute Gasteiger partial charge is 0.338 e. The number of unbranched alkanes of at least 4 members (excludes halogenated alkanes) is 1. The largest absolute Gasteiger partial charge is 0.462 e. The molecule has 0 spiro atoms. The lowest BCUT2D eigenvalue weighted by Crippen LogP contribution is -2.04. The van der Waals surface area contributed by atoms with Gasteiger partial charge in [0.05, 0.1) is 18.8 Å². The summed E-state index contributed by atoms with van der Waals surface area (Å²) in [4.78, 5) is 19.8. The summed E-state index contributed by atoms with van der Waals surface area (Å²) in [5.41, 5.74) is 1.17. The number of hydrogen-bond acceptors (Lipinski definition) is 4. The fourth-order valence-corrected chi connectivity index (χ4v) is 1.39. The van der Waals surface area contributed by atoms with Crippen LogP contribution in [0.25, 0.3) is 0 Å². The summed E-state index contributed by atoms with van der Waals surface area (Å²) in [5, 5.41) is 0. The van der Waals surface area contributed by atoms with Crippen LogP contribution in [-0.2, 0) is 20.4 Å². The number of esters is 1. The maximum atomic E-state index is 11.3. The van der Waals surface area contributed by atoms with E-state index in [0.29, 0.717) is 12.2 Å². The van der Waals surface area contributed by atoms with Gasteiger partial charge in [0.1, 0.15) is 0 Å². The minimum atomic E-state index is -2.91. The fourth-order valence-electron chi connectivity index (χ4n) is 1.10. The van der Waals surface area contributed by atoms with Crippen molar-refractivity contribution in [3.05, 3.63) is 35.4 Å². The van der Waals surface area contributed by atoms with Crippen LogP contribution < -0.4 is 0 Å². The lowest BCUT2D eigenvalue weighted by atomic mass is 10.1. The molecule has 1 N–H and O–H groups in total. The minimum absolute atomic E-state index is 0.0530. The molecule has 1 atom stereocenters. The molecule has 0 aliphatic carbocycles. The van der Waals surface area contributed by atoms with E-state index in [1.165, 1.54) is 12.8 Å². The summed E-state index contributed by atoms with van der Waals surface area (Å²) < 4.78 is 19.7. The highest BCUT2D eigenvalue weighted by Crippen LogP contribution is 2.18. The normalized spacial score (nSPS) is 11.2. The molecule has 0 radical (unpaired) electrons. The predicted molar refractivity (Wildman–Crippen MR) is 79.0 cm³/mol. The summed E-state index contributed by atoms with van der Waals surface area (Å²) in [6, 6.07) is 6.48. The highest BCUT2D eigenvalue weighted by molar-refractivity contribution is 7.32. The predicted octanol–water partition coefficient (Wildman–Crippen LogP) is 3.57. The van der Waals surface area contributed by atoms with Crippen LogP contribution in [0, 0.1) is 0 Å². The van der Waals surface area contributed by atoms with Crippen molar-refractivity contribution in [3.63, 3.8) is 0 Å². The zero-order valence-corrected chi connectivity index (χ0v) is 13.2. The van der Waals surface area contributed by atoms with Gasteiger partial charge in [-0.25, -0.2) is 4.79 Å². The second-order valence-electron chi connectivity index (χ2n) is 3.97. The van der Waals surface area contributed by atoms with E-state index in [1.54, 1.807) is 31.2 Å². The molecule has 20 heavy (non-hydrogen) atoms. The first-order chi connectivity index (χ1) is 9.54. The zero-order valence-electron chi connectivity index (χ0n) is 12.2. The molecule has 1 rings (SSSR count). The molecule has 5 nitrogen and oxygen atoms in total. The van der Waals surface area contributed by atoms with Crippen molar-refractivity contribution in [2.24, 2.45) is 0 Å². The Bertz CT molecular complexity index is 401. The lowest BCUT2D eigenvalue weighted by Gasteiger charge is -2.03. The molecule has 1 aromatic carbocycles. The number of hydrogen-bond donors (Lipinski definition) is 1. The second kappa shape index (κ2) is 11.6. The molecular weight excluding hydrogens is 279 g/mol. The Morgan fingerprint density at radius 3 is 2.10 bits per heavy atom. The third-order valence-electron chi connectivity index (χ3n) is 2.33. The summed E-state index contributed by atoms with van der Waals surface area (Å²) in [7, 11) is -2.91. The molecule has 0 bridgehead atoms. The maximum absolute atomic E-state index is 11.3. The van der Waals surface area contributed by atoms with Gasteiger partial charge in [0.2, 0.25) is 0 Å². The van der Waals surface area contributed by atoms with E-state index in [9.17, 15) is 9.36 Å². The Morgan fingerprint density at radius 1 is 1.15 bits per heavy atom. The summed E-state index contributed by atoms with van der Waals surface area (Å²) in [6.07, 6.45) is 2.64. The molecule has 0 heterocycles. The van der Waals surface area contributed by atoms with Crippen molar-refractivity contribution in [2.45, 2.75) is 40.2 Å². The van der Waals surface area contributed by atoms with Gasteiger partial charge in [0.15, 0.2) is 0 Å². The summed E-state index contributed by atoms with van der Waals surface area (Å²) in [6.45, 7) is 6.48. The molecule has 0 fully saturated rings. The number of benzene rings is 1. The van der Waals surface area contributed by atoms with Crippen molar-refractivity contribution in [1.82, 2.24) is 0 Å². The van der Waals surface area contributed by atoms with E-state index < -0.39 is 8.25 Å². The van der Waals surface area contributed by atoms with Crippen LogP contribution in [0.3, 0.4) is 0 Å². The number of carbonyl (C=O) groups is 1. The van der Waals surface area contributed by atoms with Crippen LogP contribution in [0.4, 0.5) is 0 Å². The lowest BCUT2D eigenvalue weighted by molar-refractivity contribution is 0.0526. The Balaban J connectivity index is 0.000000796. The van der Waals surface area contributed by atoms with Crippen molar-refractivity contribution < 1.29 is 23.5 Å². The van der Waals surface area contributed by atoms with Crippen LogP contribution in [-0.4, -0.2) is 17.5 Å². The Hall–Kier alpha value is -1.16. The first kappa shape index (κ1) is 18.8. The molecule has 6 heteroatoms. The van der Waals surface area contributed by atoms with E-state index >= 15 is 0 Å². The number of carbonyl (C=O) groups excluding carboxylic acids is 1. The van der Waals surface area contributed by atoms with E-state index in [4.69, 9.17) is 9.63 Å². The highest BCUT2D eigenvalue weighted by Gasteiger charge is 2.05. The monoisotopic (exact) mass is 302 g/mol. The SMILES string of the molecule is CCCC.CCOC(=O)c1ccc(CO[PH](=O)O)cc1. The minimum Gasteiger partial charge on any atom is -0.462 e. The maximum Gasteiger partial charge on any atom is 0.338 e. The molecule has 0 amide bonds. The number of ether oxygens (including phenoxy) is 1. The summed E-state index contributed by atoms with van der Waals surface area (Å²) in [5.74, 6) is -0.384. The van der Waals surface area contributed by atoms with Crippen molar-refractivity contribution >= 4 is 14.2 Å². The highest BCUT2D eigenvalue weighted by atomic mass is 31.1. The molecule has 0 aliphatic rings. The van der Waals surface area contributed by atoms with Gasteiger partial charge in [-0.15, -0.1) is 0 Å². The average Bonchev–Trinajstić information content (AvgIpc) is 2.46. The Morgan fingerprint density at radius 2 is 1.70 bits per heavy atom. The van der Waals surface area contributed by atoms with Crippen LogP contribution in [0.2, 0.25) is 0 Å². The molecule has 0 aliphatic heterocycles. The zero-order chi connectivity index (χ0) is 15.4. The summed E-state index contributed by atoms with van der Waals surface area (Å²) >= 11 is 0. The van der Waals surface area contributed by atoms with Crippen LogP contribution >= 0.6 is 8.25 Å². The van der Waals surface area contributed by atoms with Gasteiger partial charge in [-0.05, 0) is 24.6 Å². The van der Waals surface area contributed by atoms with Gasteiger partial charge in [0.25, 0.3) is 0 Å². The molecule has 1 unspecified atom stereocenters. The first-order valence-electron chi connectivity index (χ1n) is 6.66. The topological polar surface area (TPSA) is 72.8 Å². The molecule has 0 saturated heterocycles. The van der Waals surface area contributed by atoms with Crippen LogP contribution in [0.15, 0.2) is 24.3 Å².